The lowest BCUT2D eigenvalue weighted by atomic mass is 9.98. The van der Waals surface area contributed by atoms with E-state index in [1.807, 2.05) is 0 Å². The van der Waals surface area contributed by atoms with Crippen LogP contribution >= 0.6 is 0 Å². The van der Waals surface area contributed by atoms with Crippen LogP contribution in [-0.2, 0) is 0 Å². The SMILES string of the molecule is C=C(c1cccc(C)c1)[C@H]1C[C@@H]1c1ccccc1. The summed E-state index contributed by atoms with van der Waals surface area (Å²) < 4.78 is 0. The second-order valence-corrected chi connectivity index (χ2v) is 5.25. The smallest absolute Gasteiger partial charge is 0.00868 e. The van der Waals surface area contributed by atoms with Crippen molar-refractivity contribution in [1.82, 2.24) is 0 Å². The summed E-state index contributed by atoms with van der Waals surface area (Å²) in [5.41, 5.74) is 5.37. The normalized spacial score (nSPS) is 21.6. The summed E-state index contributed by atoms with van der Waals surface area (Å²) in [5, 5.41) is 0. The third-order valence-electron chi connectivity index (χ3n) is 3.85. The summed E-state index contributed by atoms with van der Waals surface area (Å²) >= 11 is 0. The molecule has 0 heterocycles. The summed E-state index contributed by atoms with van der Waals surface area (Å²) in [4.78, 5) is 0. The van der Waals surface area contributed by atoms with Crippen LogP contribution in [0.5, 0.6) is 0 Å². The highest BCUT2D eigenvalue weighted by Crippen LogP contribution is 2.53. The Balaban J connectivity index is 1.77. The van der Waals surface area contributed by atoms with Gasteiger partial charge in [-0.25, -0.2) is 0 Å². The van der Waals surface area contributed by atoms with E-state index in [0.29, 0.717) is 11.8 Å². The number of allylic oxidation sites excluding steroid dienone is 1. The van der Waals surface area contributed by atoms with E-state index >= 15 is 0 Å². The molecule has 0 heteroatoms. The van der Waals surface area contributed by atoms with Gasteiger partial charge in [0.1, 0.15) is 0 Å². The molecule has 0 aromatic heterocycles. The predicted octanol–water partition coefficient (Wildman–Crippen LogP) is 4.81. The standard InChI is InChI=1S/C18H18/c1-13-7-6-10-16(11-13)14(2)17-12-18(17)15-8-4-3-5-9-15/h3-11,17-18H,2,12H2,1H3/t17-,18-/m1/s1. The van der Waals surface area contributed by atoms with Crippen LogP contribution in [0.2, 0.25) is 0 Å². The summed E-state index contributed by atoms with van der Waals surface area (Å²) in [5.74, 6) is 1.31. The topological polar surface area (TPSA) is 0 Å². The molecule has 2 aromatic rings. The summed E-state index contributed by atoms with van der Waals surface area (Å²) in [7, 11) is 0. The molecule has 0 saturated heterocycles. The van der Waals surface area contributed by atoms with Crippen LogP contribution in [0, 0.1) is 12.8 Å². The molecule has 0 aliphatic heterocycles. The van der Waals surface area contributed by atoms with Gasteiger partial charge in [0.2, 0.25) is 0 Å². The zero-order valence-corrected chi connectivity index (χ0v) is 10.8. The van der Waals surface area contributed by atoms with E-state index in [9.17, 15) is 0 Å². The van der Waals surface area contributed by atoms with Gasteiger partial charge in [0.25, 0.3) is 0 Å². The molecular weight excluding hydrogens is 216 g/mol. The molecule has 1 fully saturated rings. The molecule has 1 aliphatic rings. The maximum Gasteiger partial charge on any atom is -0.00868 e. The maximum absolute atomic E-state index is 4.30. The van der Waals surface area contributed by atoms with Crippen molar-refractivity contribution in [2.24, 2.45) is 5.92 Å². The maximum atomic E-state index is 4.30. The third-order valence-corrected chi connectivity index (χ3v) is 3.85. The molecule has 1 saturated carbocycles. The fourth-order valence-corrected chi connectivity index (χ4v) is 2.71. The van der Waals surface area contributed by atoms with E-state index in [0.717, 1.165) is 0 Å². The van der Waals surface area contributed by atoms with Crippen molar-refractivity contribution in [1.29, 1.82) is 0 Å². The Morgan fingerprint density at radius 2 is 1.83 bits per heavy atom. The van der Waals surface area contributed by atoms with Crippen molar-refractivity contribution in [3.8, 4) is 0 Å². The van der Waals surface area contributed by atoms with Gasteiger partial charge in [-0.2, -0.15) is 0 Å². The predicted molar refractivity (Wildman–Crippen MR) is 77.5 cm³/mol. The molecule has 3 rings (SSSR count). The van der Waals surface area contributed by atoms with Gasteiger partial charge in [0.05, 0.1) is 0 Å². The van der Waals surface area contributed by atoms with Gasteiger partial charge >= 0.3 is 0 Å². The van der Waals surface area contributed by atoms with Gasteiger partial charge in [0.15, 0.2) is 0 Å². The number of aryl methyl sites for hydroxylation is 1. The second kappa shape index (κ2) is 4.45. The lowest BCUT2D eigenvalue weighted by Crippen LogP contribution is -1.89. The van der Waals surface area contributed by atoms with Crippen molar-refractivity contribution < 1.29 is 0 Å². The largest absolute Gasteiger partial charge is 0.0949 e. The minimum atomic E-state index is 0.634. The van der Waals surface area contributed by atoms with Gasteiger partial charge in [-0.1, -0.05) is 66.7 Å². The highest BCUT2D eigenvalue weighted by Gasteiger charge is 2.40. The van der Waals surface area contributed by atoms with Crippen molar-refractivity contribution in [3.63, 3.8) is 0 Å². The zero-order valence-electron chi connectivity index (χ0n) is 10.8. The van der Waals surface area contributed by atoms with Gasteiger partial charge < -0.3 is 0 Å². The molecular formula is C18H18. The molecule has 0 radical (unpaired) electrons. The van der Waals surface area contributed by atoms with Crippen LogP contribution in [0.15, 0.2) is 61.2 Å². The molecule has 18 heavy (non-hydrogen) atoms. The third kappa shape index (κ3) is 2.11. The molecule has 0 spiro atoms. The summed E-state index contributed by atoms with van der Waals surface area (Å²) in [6, 6.07) is 19.5. The molecule has 0 N–H and O–H groups in total. The van der Waals surface area contributed by atoms with Crippen LogP contribution in [-0.4, -0.2) is 0 Å². The highest BCUT2D eigenvalue weighted by atomic mass is 14.4. The average molecular weight is 234 g/mol. The fraction of sp³-hybridized carbons (Fsp3) is 0.222. The monoisotopic (exact) mass is 234 g/mol. The first-order chi connectivity index (χ1) is 8.75. The van der Waals surface area contributed by atoms with Crippen LogP contribution in [0.1, 0.15) is 29.0 Å². The first kappa shape index (κ1) is 11.3. The Kier molecular flexibility index (Phi) is 2.79. The van der Waals surface area contributed by atoms with Crippen molar-refractivity contribution in [2.75, 3.05) is 0 Å². The van der Waals surface area contributed by atoms with Crippen LogP contribution in [0.4, 0.5) is 0 Å². The van der Waals surface area contributed by atoms with E-state index in [1.54, 1.807) is 0 Å². The fourth-order valence-electron chi connectivity index (χ4n) is 2.71. The first-order valence-corrected chi connectivity index (χ1v) is 6.56. The lowest BCUT2D eigenvalue weighted by molar-refractivity contribution is 1.03. The minimum Gasteiger partial charge on any atom is -0.0949 e. The average Bonchev–Trinajstić information content (AvgIpc) is 3.19. The van der Waals surface area contributed by atoms with Gasteiger partial charge in [-0.3, -0.25) is 0 Å². The van der Waals surface area contributed by atoms with E-state index in [2.05, 4.69) is 68.1 Å². The quantitative estimate of drug-likeness (QED) is 0.714. The molecule has 0 unspecified atom stereocenters. The molecule has 90 valence electrons. The Morgan fingerprint density at radius 3 is 2.56 bits per heavy atom. The number of rotatable bonds is 3. The number of benzene rings is 2. The Labute approximate surface area is 109 Å². The first-order valence-electron chi connectivity index (χ1n) is 6.56. The van der Waals surface area contributed by atoms with E-state index in [4.69, 9.17) is 0 Å². The van der Waals surface area contributed by atoms with Crippen molar-refractivity contribution in [2.45, 2.75) is 19.3 Å². The lowest BCUT2D eigenvalue weighted by Gasteiger charge is -2.06. The number of hydrogen-bond acceptors (Lipinski definition) is 0. The Morgan fingerprint density at radius 1 is 1.06 bits per heavy atom. The van der Waals surface area contributed by atoms with Gasteiger partial charge in [0, 0.05) is 0 Å². The highest BCUT2D eigenvalue weighted by molar-refractivity contribution is 5.69. The van der Waals surface area contributed by atoms with Gasteiger partial charge in [-0.05, 0) is 41.9 Å². The van der Waals surface area contributed by atoms with Crippen LogP contribution < -0.4 is 0 Å². The van der Waals surface area contributed by atoms with Crippen molar-refractivity contribution >= 4 is 5.57 Å². The van der Waals surface area contributed by atoms with Crippen LogP contribution in [0.3, 0.4) is 0 Å². The van der Waals surface area contributed by atoms with E-state index in [-0.39, 0.29) is 0 Å². The van der Waals surface area contributed by atoms with Crippen LogP contribution in [0.25, 0.3) is 5.57 Å². The number of hydrogen-bond donors (Lipinski definition) is 0. The van der Waals surface area contributed by atoms with E-state index in [1.165, 1.54) is 28.7 Å². The Bertz CT molecular complexity index is 566. The van der Waals surface area contributed by atoms with Gasteiger partial charge in [-0.15, -0.1) is 0 Å². The summed E-state index contributed by atoms with van der Waals surface area (Å²) in [6.45, 7) is 6.44. The minimum absolute atomic E-state index is 0.634. The molecule has 2 atom stereocenters. The zero-order chi connectivity index (χ0) is 12.5. The molecule has 0 bridgehead atoms. The molecule has 0 amide bonds. The molecule has 2 aromatic carbocycles. The Hall–Kier alpha value is -1.82. The molecule has 0 nitrogen and oxygen atoms in total. The van der Waals surface area contributed by atoms with E-state index < -0.39 is 0 Å². The van der Waals surface area contributed by atoms with Crippen molar-refractivity contribution in [3.05, 3.63) is 77.9 Å². The molecule has 1 aliphatic carbocycles. The second-order valence-electron chi connectivity index (χ2n) is 5.25. The summed E-state index contributed by atoms with van der Waals surface area (Å²) in [6.07, 6.45) is 1.25.